The van der Waals surface area contributed by atoms with Crippen molar-refractivity contribution in [3.63, 3.8) is 0 Å². The Hall–Kier alpha value is -0.660. The highest BCUT2D eigenvalue weighted by Gasteiger charge is 2.25. The molecule has 0 radical (unpaired) electrons. The van der Waals surface area contributed by atoms with E-state index in [-0.39, 0.29) is 18.5 Å². The molecular weight excluding hydrogens is 380 g/mol. The molecule has 1 saturated heterocycles. The van der Waals surface area contributed by atoms with Gasteiger partial charge in [-0.05, 0) is 37.9 Å². The lowest BCUT2D eigenvalue weighted by molar-refractivity contribution is -0.144. The normalized spacial score (nSPS) is 19.3. The van der Waals surface area contributed by atoms with Gasteiger partial charge in [0.05, 0.1) is 30.7 Å². The van der Waals surface area contributed by atoms with Crippen LogP contribution < -0.4 is 4.90 Å². The van der Waals surface area contributed by atoms with Gasteiger partial charge in [0.1, 0.15) is 5.82 Å². The monoisotopic (exact) mass is 392 g/mol. The summed E-state index contributed by atoms with van der Waals surface area (Å²) in [7, 11) is 1.38. The number of rotatable bonds is 3. The van der Waals surface area contributed by atoms with E-state index in [9.17, 15) is 4.79 Å². The SMILES string of the molecule is COC(=O)CC1CN(c2ncc(Br)cc2Br)CCO1. The van der Waals surface area contributed by atoms with Gasteiger partial charge in [0, 0.05) is 23.8 Å². The van der Waals surface area contributed by atoms with Crippen molar-refractivity contribution >= 4 is 43.6 Å². The van der Waals surface area contributed by atoms with Crippen LogP contribution in [0.1, 0.15) is 6.42 Å². The average molecular weight is 394 g/mol. The van der Waals surface area contributed by atoms with Gasteiger partial charge in [0.25, 0.3) is 0 Å². The van der Waals surface area contributed by atoms with Crippen LogP contribution in [0.3, 0.4) is 0 Å². The molecule has 0 saturated carbocycles. The molecule has 1 aromatic rings. The molecule has 1 aliphatic rings. The van der Waals surface area contributed by atoms with E-state index in [2.05, 4.69) is 46.5 Å². The van der Waals surface area contributed by atoms with Crippen LogP contribution in [0.2, 0.25) is 0 Å². The quantitative estimate of drug-likeness (QED) is 0.738. The van der Waals surface area contributed by atoms with Crippen molar-refractivity contribution in [2.45, 2.75) is 12.5 Å². The molecule has 0 N–H and O–H groups in total. The first-order valence-electron chi connectivity index (χ1n) is 5.84. The second kappa shape index (κ2) is 6.67. The Labute approximate surface area is 128 Å². The third-order valence-electron chi connectivity index (χ3n) is 2.85. The summed E-state index contributed by atoms with van der Waals surface area (Å²) in [5.74, 6) is 0.607. The number of aromatic nitrogens is 1. The molecule has 1 atom stereocenters. The number of pyridine rings is 1. The van der Waals surface area contributed by atoms with Crippen LogP contribution in [0, 0.1) is 0 Å². The molecule has 2 heterocycles. The van der Waals surface area contributed by atoms with Gasteiger partial charge in [-0.2, -0.15) is 0 Å². The van der Waals surface area contributed by atoms with E-state index in [0.717, 1.165) is 21.3 Å². The standard InChI is InChI=1S/C12H14Br2N2O3/c1-18-11(17)5-9-7-16(2-3-19-9)12-10(14)4-8(13)6-15-12/h4,6,9H,2-3,5,7H2,1H3. The van der Waals surface area contributed by atoms with E-state index >= 15 is 0 Å². The summed E-state index contributed by atoms with van der Waals surface area (Å²) in [5.41, 5.74) is 0. The number of morpholine rings is 1. The summed E-state index contributed by atoms with van der Waals surface area (Å²) in [6, 6.07) is 1.95. The lowest BCUT2D eigenvalue weighted by Crippen LogP contribution is -2.44. The molecule has 104 valence electrons. The Morgan fingerprint density at radius 1 is 1.63 bits per heavy atom. The van der Waals surface area contributed by atoms with Gasteiger partial charge in [0.2, 0.25) is 0 Å². The Kier molecular flexibility index (Phi) is 5.18. The summed E-state index contributed by atoms with van der Waals surface area (Å²) in [6.45, 7) is 1.96. The Bertz CT molecular complexity index is 470. The predicted molar refractivity (Wildman–Crippen MR) is 78.2 cm³/mol. The molecule has 1 aromatic heterocycles. The molecule has 0 aromatic carbocycles. The minimum atomic E-state index is -0.255. The van der Waals surface area contributed by atoms with Crippen LogP contribution in [0.15, 0.2) is 21.2 Å². The number of hydrogen-bond donors (Lipinski definition) is 0. The van der Waals surface area contributed by atoms with Crippen LogP contribution in [-0.2, 0) is 14.3 Å². The molecule has 0 amide bonds. The maximum Gasteiger partial charge on any atom is 0.308 e. The lowest BCUT2D eigenvalue weighted by Gasteiger charge is -2.33. The fraction of sp³-hybridized carbons (Fsp3) is 0.500. The van der Waals surface area contributed by atoms with Gasteiger partial charge in [-0.25, -0.2) is 4.98 Å². The van der Waals surface area contributed by atoms with Crippen LogP contribution in [0.25, 0.3) is 0 Å². The first kappa shape index (κ1) is 14.7. The highest BCUT2D eigenvalue weighted by atomic mass is 79.9. The van der Waals surface area contributed by atoms with Crippen molar-refractivity contribution in [2.75, 3.05) is 31.7 Å². The first-order valence-corrected chi connectivity index (χ1v) is 7.43. The van der Waals surface area contributed by atoms with E-state index < -0.39 is 0 Å². The second-order valence-corrected chi connectivity index (χ2v) is 5.95. The molecule has 0 spiro atoms. The molecule has 19 heavy (non-hydrogen) atoms. The maximum absolute atomic E-state index is 11.3. The van der Waals surface area contributed by atoms with Gasteiger partial charge in [-0.1, -0.05) is 0 Å². The van der Waals surface area contributed by atoms with Crippen LogP contribution >= 0.6 is 31.9 Å². The van der Waals surface area contributed by atoms with E-state index in [0.29, 0.717) is 13.2 Å². The van der Waals surface area contributed by atoms with Crippen LogP contribution in [0.4, 0.5) is 5.82 Å². The maximum atomic E-state index is 11.3. The minimum Gasteiger partial charge on any atom is -0.469 e. The van der Waals surface area contributed by atoms with Gasteiger partial charge in [-0.3, -0.25) is 4.79 Å². The number of methoxy groups -OCH3 is 1. The van der Waals surface area contributed by atoms with Crippen LogP contribution in [0.5, 0.6) is 0 Å². The molecule has 0 bridgehead atoms. The second-order valence-electron chi connectivity index (χ2n) is 4.18. The highest BCUT2D eigenvalue weighted by Crippen LogP contribution is 2.28. The van der Waals surface area contributed by atoms with E-state index in [1.807, 2.05) is 6.07 Å². The molecule has 1 unspecified atom stereocenters. The first-order chi connectivity index (χ1) is 9.10. The molecule has 0 aliphatic carbocycles. The highest BCUT2D eigenvalue weighted by molar-refractivity contribution is 9.11. The van der Waals surface area contributed by atoms with E-state index in [1.54, 1.807) is 6.20 Å². The van der Waals surface area contributed by atoms with E-state index in [4.69, 9.17) is 4.74 Å². The summed E-state index contributed by atoms with van der Waals surface area (Å²) in [6.07, 6.45) is 1.87. The van der Waals surface area contributed by atoms with Gasteiger partial charge in [-0.15, -0.1) is 0 Å². The number of ether oxygens (including phenoxy) is 2. The van der Waals surface area contributed by atoms with Crippen molar-refractivity contribution in [1.82, 2.24) is 4.98 Å². The van der Waals surface area contributed by atoms with Crippen LogP contribution in [-0.4, -0.2) is 43.9 Å². The fourth-order valence-electron chi connectivity index (χ4n) is 1.94. The molecule has 5 nitrogen and oxygen atoms in total. The number of halogens is 2. The number of carbonyl (C=O) groups excluding carboxylic acids is 1. The summed E-state index contributed by atoms with van der Waals surface area (Å²) in [5, 5.41) is 0. The number of esters is 1. The van der Waals surface area contributed by atoms with Crippen molar-refractivity contribution in [2.24, 2.45) is 0 Å². The predicted octanol–water partition coefficient (Wildman–Crippen LogP) is 2.37. The van der Waals surface area contributed by atoms with Gasteiger partial charge >= 0.3 is 5.97 Å². The molecule has 7 heteroatoms. The Morgan fingerprint density at radius 3 is 3.11 bits per heavy atom. The average Bonchev–Trinajstić information content (AvgIpc) is 2.39. The van der Waals surface area contributed by atoms with Gasteiger partial charge < -0.3 is 14.4 Å². The summed E-state index contributed by atoms with van der Waals surface area (Å²) < 4.78 is 12.1. The van der Waals surface area contributed by atoms with Crippen molar-refractivity contribution in [3.8, 4) is 0 Å². The fourth-order valence-corrected chi connectivity index (χ4v) is 3.18. The third-order valence-corrected chi connectivity index (χ3v) is 3.87. The number of anilines is 1. The molecule has 1 fully saturated rings. The number of hydrogen-bond acceptors (Lipinski definition) is 5. The molecule has 1 aliphatic heterocycles. The smallest absolute Gasteiger partial charge is 0.308 e. The zero-order chi connectivity index (χ0) is 13.8. The Morgan fingerprint density at radius 2 is 2.42 bits per heavy atom. The van der Waals surface area contributed by atoms with E-state index in [1.165, 1.54) is 7.11 Å². The summed E-state index contributed by atoms with van der Waals surface area (Å²) in [4.78, 5) is 17.8. The van der Waals surface area contributed by atoms with Crippen molar-refractivity contribution in [1.29, 1.82) is 0 Å². The molecule has 2 rings (SSSR count). The minimum absolute atomic E-state index is 0.154. The van der Waals surface area contributed by atoms with Crippen molar-refractivity contribution < 1.29 is 14.3 Å². The summed E-state index contributed by atoms with van der Waals surface area (Å²) >= 11 is 6.88. The number of carbonyl (C=O) groups is 1. The third kappa shape index (κ3) is 3.90. The zero-order valence-corrected chi connectivity index (χ0v) is 13.6. The topological polar surface area (TPSA) is 51.7 Å². The largest absolute Gasteiger partial charge is 0.469 e. The lowest BCUT2D eigenvalue weighted by atomic mass is 10.2. The van der Waals surface area contributed by atoms with Gasteiger partial charge in [0.15, 0.2) is 0 Å². The zero-order valence-electron chi connectivity index (χ0n) is 10.4. The Balaban J connectivity index is 2.06. The number of nitrogens with zero attached hydrogens (tertiary/aromatic N) is 2. The molecular formula is C12H14Br2N2O3. The van der Waals surface area contributed by atoms with Crippen molar-refractivity contribution in [3.05, 3.63) is 21.2 Å².